The van der Waals surface area contributed by atoms with Crippen molar-refractivity contribution in [3.63, 3.8) is 0 Å². The van der Waals surface area contributed by atoms with E-state index in [9.17, 15) is 9.59 Å². The molecule has 1 rings (SSSR count). The molecule has 0 aliphatic rings. The van der Waals surface area contributed by atoms with Crippen LogP contribution in [0.15, 0.2) is 5.38 Å². The molecule has 1 aromatic heterocycles. The van der Waals surface area contributed by atoms with E-state index in [4.69, 9.17) is 0 Å². The summed E-state index contributed by atoms with van der Waals surface area (Å²) in [4.78, 5) is 27.5. The minimum atomic E-state index is -0.454. The first kappa shape index (κ1) is 15.6. The Morgan fingerprint density at radius 2 is 2.05 bits per heavy atom. The Labute approximate surface area is 117 Å². The first-order valence-electron chi connectivity index (χ1n) is 6.35. The van der Waals surface area contributed by atoms with Crippen LogP contribution >= 0.6 is 11.3 Å². The van der Waals surface area contributed by atoms with Crippen molar-refractivity contribution in [3.05, 3.63) is 11.1 Å². The molecule has 2 amide bonds. The van der Waals surface area contributed by atoms with Crippen LogP contribution in [0.3, 0.4) is 0 Å². The normalized spacial score (nSPS) is 11.2. The van der Waals surface area contributed by atoms with Crippen LogP contribution in [0.2, 0.25) is 0 Å². The highest BCUT2D eigenvalue weighted by molar-refractivity contribution is 7.13. The lowest BCUT2D eigenvalue weighted by molar-refractivity contribution is -0.123. The average molecular weight is 283 g/mol. The maximum atomic E-state index is 11.8. The molecule has 0 atom stereocenters. The van der Waals surface area contributed by atoms with E-state index in [1.165, 1.54) is 11.3 Å². The van der Waals surface area contributed by atoms with Crippen molar-refractivity contribution in [2.24, 2.45) is 5.41 Å². The second kappa shape index (κ2) is 6.65. The monoisotopic (exact) mass is 283 g/mol. The van der Waals surface area contributed by atoms with Crippen LogP contribution in [0.25, 0.3) is 0 Å². The summed E-state index contributed by atoms with van der Waals surface area (Å²) in [5.41, 5.74) is 0.229. The van der Waals surface area contributed by atoms with E-state index in [-0.39, 0.29) is 18.2 Å². The van der Waals surface area contributed by atoms with Gasteiger partial charge >= 0.3 is 0 Å². The number of aromatic nitrogens is 1. The summed E-state index contributed by atoms with van der Waals surface area (Å²) >= 11 is 1.34. The molecule has 0 bridgehead atoms. The van der Waals surface area contributed by atoms with Gasteiger partial charge in [-0.3, -0.25) is 9.59 Å². The summed E-state index contributed by atoms with van der Waals surface area (Å²) in [7, 11) is 0. The molecule has 2 N–H and O–H groups in total. The van der Waals surface area contributed by atoms with Crippen molar-refractivity contribution in [1.29, 1.82) is 0 Å². The van der Waals surface area contributed by atoms with Gasteiger partial charge < -0.3 is 10.6 Å². The maximum absolute atomic E-state index is 11.8. The molecule has 0 aliphatic heterocycles. The summed E-state index contributed by atoms with van der Waals surface area (Å²) in [6.45, 7) is 8.21. The minimum Gasteiger partial charge on any atom is -0.356 e. The zero-order valence-electron chi connectivity index (χ0n) is 11.9. The molecule has 0 radical (unpaired) electrons. The van der Waals surface area contributed by atoms with Crippen LogP contribution in [-0.2, 0) is 16.0 Å². The Kier molecular flexibility index (Phi) is 5.47. The number of amides is 2. The topological polar surface area (TPSA) is 71.1 Å². The zero-order chi connectivity index (χ0) is 14.5. The zero-order valence-corrected chi connectivity index (χ0v) is 12.7. The average Bonchev–Trinajstić information content (AvgIpc) is 2.72. The van der Waals surface area contributed by atoms with E-state index < -0.39 is 5.41 Å². The molecule has 0 unspecified atom stereocenters. The second-order valence-corrected chi connectivity index (χ2v) is 6.23. The molecular weight excluding hydrogens is 262 g/mol. The maximum Gasteiger partial charge on any atom is 0.231 e. The summed E-state index contributed by atoms with van der Waals surface area (Å²) < 4.78 is 0. The second-order valence-electron chi connectivity index (χ2n) is 5.37. The molecule has 106 valence electrons. The third kappa shape index (κ3) is 5.38. The third-order valence-electron chi connectivity index (χ3n) is 2.37. The standard InChI is InChI=1S/C13H21N3O2S/c1-5-6-14-10(17)7-9-8-19-12(15-9)16-11(18)13(2,3)4/h8H,5-7H2,1-4H3,(H,14,17)(H,15,16,18). The van der Waals surface area contributed by atoms with Gasteiger partial charge in [-0.2, -0.15) is 0 Å². The largest absolute Gasteiger partial charge is 0.356 e. The van der Waals surface area contributed by atoms with Crippen LogP contribution in [-0.4, -0.2) is 23.3 Å². The molecule has 0 aromatic carbocycles. The fraction of sp³-hybridized carbons (Fsp3) is 0.615. The predicted molar refractivity (Wildman–Crippen MR) is 77.2 cm³/mol. The lowest BCUT2D eigenvalue weighted by atomic mass is 9.96. The fourth-order valence-corrected chi connectivity index (χ4v) is 1.93. The molecule has 0 saturated carbocycles. The van der Waals surface area contributed by atoms with E-state index in [1.54, 1.807) is 5.38 Å². The molecule has 0 aliphatic carbocycles. The highest BCUT2D eigenvalue weighted by atomic mass is 32.1. The van der Waals surface area contributed by atoms with Gasteiger partial charge in [0.25, 0.3) is 0 Å². The lowest BCUT2D eigenvalue weighted by Crippen LogP contribution is -2.27. The molecular formula is C13H21N3O2S. The van der Waals surface area contributed by atoms with Gasteiger partial charge in [0.15, 0.2) is 5.13 Å². The van der Waals surface area contributed by atoms with Gasteiger partial charge in [-0.05, 0) is 6.42 Å². The number of hydrogen-bond acceptors (Lipinski definition) is 4. The Hall–Kier alpha value is -1.43. The number of nitrogens with zero attached hydrogens (tertiary/aromatic N) is 1. The molecule has 19 heavy (non-hydrogen) atoms. The fourth-order valence-electron chi connectivity index (χ4n) is 1.22. The van der Waals surface area contributed by atoms with E-state index >= 15 is 0 Å². The number of carbonyl (C=O) groups excluding carboxylic acids is 2. The lowest BCUT2D eigenvalue weighted by Gasteiger charge is -2.15. The highest BCUT2D eigenvalue weighted by Gasteiger charge is 2.22. The van der Waals surface area contributed by atoms with Crippen molar-refractivity contribution in [2.45, 2.75) is 40.5 Å². The Bertz CT molecular complexity index is 449. The van der Waals surface area contributed by atoms with Crippen LogP contribution in [0.5, 0.6) is 0 Å². The van der Waals surface area contributed by atoms with E-state index in [0.29, 0.717) is 17.4 Å². The number of rotatable bonds is 5. The van der Waals surface area contributed by atoms with Crippen molar-refractivity contribution in [3.8, 4) is 0 Å². The number of hydrogen-bond donors (Lipinski definition) is 2. The quantitative estimate of drug-likeness (QED) is 0.870. The minimum absolute atomic E-state index is 0.0409. The van der Waals surface area contributed by atoms with Gasteiger partial charge in [0.1, 0.15) is 0 Å². The third-order valence-corrected chi connectivity index (χ3v) is 3.17. The Balaban J connectivity index is 2.53. The smallest absolute Gasteiger partial charge is 0.231 e. The van der Waals surface area contributed by atoms with Crippen LogP contribution in [0, 0.1) is 5.41 Å². The van der Waals surface area contributed by atoms with Crippen molar-refractivity contribution < 1.29 is 9.59 Å². The summed E-state index contributed by atoms with van der Waals surface area (Å²) in [5.74, 6) is -0.121. The number of nitrogens with one attached hydrogen (secondary N) is 2. The van der Waals surface area contributed by atoms with Crippen molar-refractivity contribution >= 4 is 28.3 Å². The van der Waals surface area contributed by atoms with Crippen molar-refractivity contribution in [2.75, 3.05) is 11.9 Å². The number of anilines is 1. The summed E-state index contributed by atoms with van der Waals surface area (Å²) in [5, 5.41) is 7.88. The van der Waals surface area contributed by atoms with E-state index in [2.05, 4.69) is 15.6 Å². The highest BCUT2D eigenvalue weighted by Crippen LogP contribution is 2.20. The SMILES string of the molecule is CCCNC(=O)Cc1csc(NC(=O)C(C)(C)C)n1. The van der Waals surface area contributed by atoms with Gasteiger partial charge in [-0.15, -0.1) is 11.3 Å². The van der Waals surface area contributed by atoms with Gasteiger partial charge in [-0.1, -0.05) is 27.7 Å². The molecule has 0 saturated heterocycles. The molecule has 6 heteroatoms. The Morgan fingerprint density at radius 3 is 2.63 bits per heavy atom. The number of carbonyl (C=O) groups is 2. The Morgan fingerprint density at radius 1 is 1.37 bits per heavy atom. The van der Waals surface area contributed by atoms with E-state index in [0.717, 1.165) is 6.42 Å². The molecule has 0 fully saturated rings. The summed E-state index contributed by atoms with van der Waals surface area (Å²) in [6, 6.07) is 0. The van der Waals surface area contributed by atoms with Crippen LogP contribution in [0.1, 0.15) is 39.8 Å². The molecule has 5 nitrogen and oxygen atoms in total. The van der Waals surface area contributed by atoms with E-state index in [1.807, 2.05) is 27.7 Å². The van der Waals surface area contributed by atoms with Crippen LogP contribution in [0.4, 0.5) is 5.13 Å². The van der Waals surface area contributed by atoms with Gasteiger partial charge in [0, 0.05) is 17.3 Å². The predicted octanol–water partition coefficient (Wildman–Crippen LogP) is 2.20. The molecule has 0 spiro atoms. The van der Waals surface area contributed by atoms with Gasteiger partial charge in [-0.25, -0.2) is 4.98 Å². The van der Waals surface area contributed by atoms with Crippen molar-refractivity contribution in [1.82, 2.24) is 10.3 Å². The number of thiazole rings is 1. The molecule has 1 aromatic rings. The summed E-state index contributed by atoms with van der Waals surface area (Å²) in [6.07, 6.45) is 1.16. The first-order chi connectivity index (χ1) is 8.82. The first-order valence-corrected chi connectivity index (χ1v) is 7.23. The van der Waals surface area contributed by atoms with Gasteiger partial charge in [0.05, 0.1) is 12.1 Å². The van der Waals surface area contributed by atoms with Crippen LogP contribution < -0.4 is 10.6 Å². The molecule has 1 heterocycles. The van der Waals surface area contributed by atoms with Gasteiger partial charge in [0.2, 0.25) is 11.8 Å².